The van der Waals surface area contributed by atoms with Gasteiger partial charge in [0, 0.05) is 11.8 Å². The number of carbonyl (C=O) groups is 2. The van der Waals surface area contributed by atoms with Crippen molar-refractivity contribution in [2.24, 2.45) is 23.7 Å². The summed E-state index contributed by atoms with van der Waals surface area (Å²) in [4.78, 5) is 23.9. The molecule has 8 atom stereocenters. The molecule has 5 fully saturated rings. The summed E-state index contributed by atoms with van der Waals surface area (Å²) in [5, 5.41) is 0. The van der Waals surface area contributed by atoms with E-state index in [1.165, 1.54) is 0 Å². The molecule has 8 unspecified atom stereocenters. The summed E-state index contributed by atoms with van der Waals surface area (Å²) in [5.74, 6) is -1.15. The van der Waals surface area contributed by atoms with Crippen molar-refractivity contribution in [2.45, 2.75) is 50.1 Å². The van der Waals surface area contributed by atoms with Crippen LogP contribution in [-0.4, -0.2) is 35.3 Å². The average Bonchev–Trinajstić information content (AvgIpc) is 3.03. The van der Waals surface area contributed by atoms with E-state index in [1.54, 1.807) is 0 Å². The van der Waals surface area contributed by atoms with Crippen LogP contribution in [0.1, 0.15) is 26.7 Å². The van der Waals surface area contributed by atoms with Gasteiger partial charge in [-0.15, -0.1) is 0 Å². The Labute approximate surface area is 110 Å². The van der Waals surface area contributed by atoms with Crippen molar-refractivity contribution < 1.29 is 23.8 Å². The maximum atomic E-state index is 12.0. The van der Waals surface area contributed by atoms with Crippen molar-refractivity contribution in [3.05, 3.63) is 0 Å². The molecule has 0 spiro atoms. The fourth-order valence-corrected chi connectivity index (χ4v) is 5.73. The molecular weight excluding hydrogens is 248 g/mol. The minimum Gasteiger partial charge on any atom is -0.393 e. The van der Waals surface area contributed by atoms with Crippen molar-refractivity contribution in [2.75, 3.05) is 0 Å². The molecule has 0 aromatic carbocycles. The van der Waals surface area contributed by atoms with Gasteiger partial charge in [-0.2, -0.15) is 0 Å². The minimum absolute atomic E-state index is 0.175. The highest BCUT2D eigenvalue weighted by Gasteiger charge is 2.80. The fraction of sp³-hybridized carbons (Fsp3) is 0.857. The molecule has 19 heavy (non-hydrogen) atoms. The molecular formula is C14H16O5. The third kappa shape index (κ3) is 0.914. The summed E-state index contributed by atoms with van der Waals surface area (Å²) in [6, 6.07) is 0. The molecule has 0 N–H and O–H groups in total. The molecule has 102 valence electrons. The summed E-state index contributed by atoms with van der Waals surface area (Å²) in [7, 11) is 0. The zero-order chi connectivity index (χ0) is 13.2. The van der Waals surface area contributed by atoms with Crippen LogP contribution in [-0.2, 0) is 23.8 Å². The van der Waals surface area contributed by atoms with Gasteiger partial charge in [0.1, 0.15) is 11.8 Å². The highest BCUT2D eigenvalue weighted by molar-refractivity contribution is 5.98. The average molecular weight is 264 g/mol. The van der Waals surface area contributed by atoms with Crippen LogP contribution in [0.15, 0.2) is 0 Å². The highest BCUT2D eigenvalue weighted by Crippen LogP contribution is 2.69. The molecule has 0 aromatic heterocycles. The smallest absolute Gasteiger partial charge is 0.320 e. The Morgan fingerprint density at radius 2 is 1.89 bits per heavy atom. The van der Waals surface area contributed by atoms with Crippen LogP contribution in [0, 0.1) is 23.7 Å². The van der Waals surface area contributed by atoms with E-state index in [4.69, 9.17) is 14.2 Å². The summed E-state index contributed by atoms with van der Waals surface area (Å²) in [6.45, 7) is 4.10. The number of cyclic esters (lactones) is 2. The first-order valence-electron chi connectivity index (χ1n) is 7.07. The zero-order valence-corrected chi connectivity index (χ0v) is 10.9. The molecule has 0 saturated carbocycles. The Hall–Kier alpha value is -0.940. The highest BCUT2D eigenvalue weighted by atomic mass is 16.6. The second kappa shape index (κ2) is 2.74. The predicted molar refractivity (Wildman–Crippen MR) is 60.8 cm³/mol. The van der Waals surface area contributed by atoms with Gasteiger partial charge in [-0.05, 0) is 26.7 Å². The van der Waals surface area contributed by atoms with Gasteiger partial charge in [0.05, 0.1) is 23.4 Å². The number of fused-ring (bicyclic) bond motifs is 12. The molecule has 0 radical (unpaired) electrons. The molecule has 0 aliphatic carbocycles. The number of ether oxygens (including phenoxy) is 3. The predicted octanol–water partition coefficient (Wildman–Crippen LogP) is 0.657. The van der Waals surface area contributed by atoms with Gasteiger partial charge in [0.25, 0.3) is 0 Å². The molecule has 5 saturated heterocycles. The first-order valence-corrected chi connectivity index (χ1v) is 7.07. The standard InChI is InChI=1S/C14H16O5/c1-13-4-3-5(18-13)7-9(13)10-6-8(14(7,2)19-10)12(16)17-11(6)15/h5-10H,3-4H2,1-2H3. The van der Waals surface area contributed by atoms with Crippen LogP contribution in [0.4, 0.5) is 0 Å². The summed E-state index contributed by atoms with van der Waals surface area (Å²) in [5.41, 5.74) is -0.763. The van der Waals surface area contributed by atoms with Crippen molar-refractivity contribution in [1.82, 2.24) is 0 Å². The van der Waals surface area contributed by atoms with Crippen LogP contribution in [0.5, 0.6) is 0 Å². The lowest BCUT2D eigenvalue weighted by molar-refractivity contribution is -0.160. The van der Waals surface area contributed by atoms with Crippen LogP contribution in [0.25, 0.3) is 0 Å². The Bertz CT molecular complexity index is 530. The van der Waals surface area contributed by atoms with E-state index >= 15 is 0 Å². The number of carbonyl (C=O) groups excluding carboxylic acids is 2. The molecule has 5 rings (SSSR count). The van der Waals surface area contributed by atoms with Gasteiger partial charge in [-0.25, -0.2) is 0 Å². The second-order valence-electron chi connectivity index (χ2n) is 7.07. The van der Waals surface area contributed by atoms with Crippen molar-refractivity contribution >= 4 is 11.9 Å². The number of rotatable bonds is 0. The molecule has 0 aromatic rings. The Balaban J connectivity index is 1.68. The molecule has 5 heterocycles. The van der Waals surface area contributed by atoms with Crippen molar-refractivity contribution in [3.63, 3.8) is 0 Å². The fourth-order valence-electron chi connectivity index (χ4n) is 5.73. The van der Waals surface area contributed by atoms with E-state index in [0.717, 1.165) is 12.8 Å². The molecule has 5 heteroatoms. The van der Waals surface area contributed by atoms with E-state index < -0.39 is 29.4 Å². The normalized spacial score (nSPS) is 64.5. The minimum atomic E-state index is -0.577. The lowest BCUT2D eigenvalue weighted by Crippen LogP contribution is -2.53. The first kappa shape index (κ1) is 10.8. The van der Waals surface area contributed by atoms with E-state index in [2.05, 4.69) is 6.92 Å². The number of hydrogen-bond acceptors (Lipinski definition) is 5. The van der Waals surface area contributed by atoms with Crippen LogP contribution in [0.2, 0.25) is 0 Å². The summed E-state index contributed by atoms with van der Waals surface area (Å²) >= 11 is 0. The zero-order valence-electron chi connectivity index (χ0n) is 10.9. The molecule has 5 aliphatic rings. The van der Waals surface area contributed by atoms with E-state index in [0.29, 0.717) is 0 Å². The Morgan fingerprint density at radius 1 is 1.11 bits per heavy atom. The summed E-state index contributed by atoms with van der Waals surface area (Å²) in [6.07, 6.45) is 2.03. The third-order valence-corrected chi connectivity index (χ3v) is 6.30. The van der Waals surface area contributed by atoms with Gasteiger partial charge < -0.3 is 14.2 Å². The van der Waals surface area contributed by atoms with Crippen LogP contribution in [0.3, 0.4) is 0 Å². The lowest BCUT2D eigenvalue weighted by Gasteiger charge is -2.40. The van der Waals surface area contributed by atoms with Crippen molar-refractivity contribution in [1.29, 1.82) is 0 Å². The Morgan fingerprint density at radius 3 is 2.68 bits per heavy atom. The van der Waals surface area contributed by atoms with Gasteiger partial charge in [-0.1, -0.05) is 0 Å². The number of hydrogen-bond donors (Lipinski definition) is 0. The third-order valence-electron chi connectivity index (χ3n) is 6.30. The van der Waals surface area contributed by atoms with Gasteiger partial charge in [0.2, 0.25) is 0 Å². The van der Waals surface area contributed by atoms with Gasteiger partial charge in [0.15, 0.2) is 0 Å². The molecule has 0 amide bonds. The maximum absolute atomic E-state index is 12.0. The first-order chi connectivity index (χ1) is 8.96. The topological polar surface area (TPSA) is 61.8 Å². The molecule has 5 nitrogen and oxygen atoms in total. The monoisotopic (exact) mass is 264 g/mol. The van der Waals surface area contributed by atoms with Crippen LogP contribution >= 0.6 is 0 Å². The van der Waals surface area contributed by atoms with Gasteiger partial charge >= 0.3 is 11.9 Å². The molecule has 4 bridgehead atoms. The van der Waals surface area contributed by atoms with Gasteiger partial charge in [-0.3, -0.25) is 9.59 Å². The largest absolute Gasteiger partial charge is 0.393 e. The van der Waals surface area contributed by atoms with E-state index in [1.807, 2.05) is 6.92 Å². The van der Waals surface area contributed by atoms with Crippen molar-refractivity contribution in [3.8, 4) is 0 Å². The summed E-state index contributed by atoms with van der Waals surface area (Å²) < 4.78 is 17.2. The van der Waals surface area contributed by atoms with Crippen LogP contribution < -0.4 is 0 Å². The van der Waals surface area contributed by atoms with E-state index in [-0.39, 0.29) is 29.6 Å². The SMILES string of the molecule is CC12CCC(O1)C1C2C2OC1(C)C1C(=O)OC(=O)C21. The quantitative estimate of drug-likeness (QED) is 0.475. The van der Waals surface area contributed by atoms with E-state index in [9.17, 15) is 9.59 Å². The number of esters is 2. The molecule has 5 aliphatic heterocycles. The maximum Gasteiger partial charge on any atom is 0.320 e. The second-order valence-corrected chi connectivity index (χ2v) is 7.07. The Kier molecular flexibility index (Phi) is 1.56. The lowest BCUT2D eigenvalue weighted by atomic mass is 9.56.